The average molecular weight is 314 g/mol. The summed E-state index contributed by atoms with van der Waals surface area (Å²) in [7, 11) is 0. The average Bonchev–Trinajstić information content (AvgIpc) is 2.67. The number of rotatable bonds is 5. The van der Waals surface area contributed by atoms with Gasteiger partial charge in [0.15, 0.2) is 0 Å². The Kier molecular flexibility index (Phi) is 5.15. The van der Waals surface area contributed by atoms with E-state index in [1.165, 1.54) is 33.4 Å². The van der Waals surface area contributed by atoms with Gasteiger partial charge in [-0.2, -0.15) is 0 Å². The highest BCUT2D eigenvalue weighted by atomic mass is 14.2. The van der Waals surface area contributed by atoms with Crippen molar-refractivity contribution in [1.29, 1.82) is 0 Å². The predicted molar refractivity (Wildman–Crippen MR) is 105 cm³/mol. The van der Waals surface area contributed by atoms with Gasteiger partial charge in [-0.1, -0.05) is 93.6 Å². The van der Waals surface area contributed by atoms with Crippen molar-refractivity contribution in [3.8, 4) is 11.1 Å². The summed E-state index contributed by atoms with van der Waals surface area (Å²) in [5.41, 5.74) is 8.52. The first-order valence-corrected chi connectivity index (χ1v) is 9.01. The van der Waals surface area contributed by atoms with Gasteiger partial charge < -0.3 is 0 Å². The van der Waals surface area contributed by atoms with E-state index in [0.717, 1.165) is 12.8 Å². The van der Waals surface area contributed by atoms with Gasteiger partial charge in [0, 0.05) is 5.92 Å². The van der Waals surface area contributed by atoms with E-state index >= 15 is 0 Å². The molecule has 0 N–H and O–H groups in total. The zero-order valence-electron chi connectivity index (χ0n) is 14.9. The van der Waals surface area contributed by atoms with Crippen LogP contribution in [0.15, 0.2) is 72.8 Å². The highest BCUT2D eigenvalue weighted by Gasteiger charge is 2.16. The van der Waals surface area contributed by atoms with E-state index in [4.69, 9.17) is 0 Å². The molecule has 0 aliphatic carbocycles. The summed E-state index contributed by atoms with van der Waals surface area (Å²) in [5, 5.41) is 0. The van der Waals surface area contributed by atoms with Crippen molar-refractivity contribution in [2.45, 2.75) is 39.5 Å². The summed E-state index contributed by atoms with van der Waals surface area (Å²) in [6.45, 7) is 6.82. The molecule has 0 aliphatic heterocycles. The Morgan fingerprint density at radius 2 is 1.33 bits per heavy atom. The van der Waals surface area contributed by atoms with Gasteiger partial charge in [-0.3, -0.25) is 0 Å². The Balaban J connectivity index is 2.14. The maximum atomic E-state index is 2.31. The Morgan fingerprint density at radius 3 is 2.04 bits per heavy atom. The molecule has 0 fully saturated rings. The third-order valence-electron chi connectivity index (χ3n) is 5.02. The van der Waals surface area contributed by atoms with Crippen LogP contribution in [0.1, 0.15) is 48.9 Å². The van der Waals surface area contributed by atoms with Crippen molar-refractivity contribution in [3.05, 3.63) is 95.1 Å². The molecule has 0 aromatic heterocycles. The van der Waals surface area contributed by atoms with Crippen molar-refractivity contribution in [2.75, 3.05) is 0 Å². The van der Waals surface area contributed by atoms with E-state index in [0.29, 0.717) is 5.92 Å². The first kappa shape index (κ1) is 16.5. The molecule has 122 valence electrons. The molecule has 0 nitrogen and oxygen atoms in total. The zero-order valence-corrected chi connectivity index (χ0v) is 14.9. The Morgan fingerprint density at radius 1 is 0.667 bits per heavy atom. The summed E-state index contributed by atoms with van der Waals surface area (Å²) >= 11 is 0. The molecule has 0 spiro atoms. The van der Waals surface area contributed by atoms with Gasteiger partial charge in [-0.25, -0.2) is 0 Å². The van der Waals surface area contributed by atoms with Crippen molar-refractivity contribution >= 4 is 0 Å². The number of hydrogen-bond donors (Lipinski definition) is 0. The normalized spacial score (nSPS) is 12.1. The number of benzene rings is 3. The molecular formula is C24H26. The molecule has 24 heavy (non-hydrogen) atoms. The first-order chi connectivity index (χ1) is 11.8. The van der Waals surface area contributed by atoms with Crippen LogP contribution in [0.25, 0.3) is 11.1 Å². The second-order valence-corrected chi connectivity index (χ2v) is 6.37. The van der Waals surface area contributed by atoms with Crippen LogP contribution in [-0.2, 0) is 12.8 Å². The summed E-state index contributed by atoms with van der Waals surface area (Å²) < 4.78 is 0. The topological polar surface area (TPSA) is 0 Å². The van der Waals surface area contributed by atoms with Gasteiger partial charge in [-0.15, -0.1) is 0 Å². The molecule has 1 atom stereocenters. The monoisotopic (exact) mass is 314 g/mol. The lowest BCUT2D eigenvalue weighted by Crippen LogP contribution is -2.01. The van der Waals surface area contributed by atoms with Crippen LogP contribution < -0.4 is 0 Å². The summed E-state index contributed by atoms with van der Waals surface area (Å²) in [6.07, 6.45) is 2.17. The van der Waals surface area contributed by atoms with Crippen LogP contribution in [0.2, 0.25) is 0 Å². The van der Waals surface area contributed by atoms with Gasteiger partial charge in [0.05, 0.1) is 0 Å². The first-order valence-electron chi connectivity index (χ1n) is 9.01. The quantitative estimate of drug-likeness (QED) is 0.496. The van der Waals surface area contributed by atoms with Gasteiger partial charge in [0.1, 0.15) is 0 Å². The molecule has 0 saturated carbocycles. The van der Waals surface area contributed by atoms with Crippen molar-refractivity contribution in [2.24, 2.45) is 0 Å². The van der Waals surface area contributed by atoms with E-state index in [9.17, 15) is 0 Å². The van der Waals surface area contributed by atoms with Gasteiger partial charge in [-0.05, 0) is 46.2 Å². The molecule has 3 aromatic carbocycles. The molecule has 0 aliphatic rings. The van der Waals surface area contributed by atoms with E-state index < -0.39 is 0 Å². The van der Waals surface area contributed by atoms with E-state index in [-0.39, 0.29) is 0 Å². The third-order valence-corrected chi connectivity index (χ3v) is 5.02. The van der Waals surface area contributed by atoms with Gasteiger partial charge in [0.25, 0.3) is 0 Å². The number of aryl methyl sites for hydroxylation is 1. The summed E-state index contributed by atoms with van der Waals surface area (Å²) in [5.74, 6) is 0.386. The third kappa shape index (κ3) is 3.14. The molecule has 3 aromatic rings. The molecule has 0 heteroatoms. The van der Waals surface area contributed by atoms with Crippen molar-refractivity contribution in [3.63, 3.8) is 0 Å². The van der Waals surface area contributed by atoms with Crippen LogP contribution in [-0.4, -0.2) is 0 Å². The standard InChI is InChI=1S/C24H26/c1-4-19-14-11-17-23(21(19)5-2)24-16-10-9-15-22(24)18(3)20-12-7-6-8-13-20/h6-18H,4-5H2,1-3H3. The fourth-order valence-electron chi connectivity index (χ4n) is 3.68. The Bertz CT molecular complexity index is 799. The van der Waals surface area contributed by atoms with Crippen LogP contribution in [0, 0.1) is 0 Å². The lowest BCUT2D eigenvalue weighted by molar-refractivity contribution is 0.923. The molecule has 0 amide bonds. The molecule has 0 saturated heterocycles. The van der Waals surface area contributed by atoms with Crippen molar-refractivity contribution in [1.82, 2.24) is 0 Å². The zero-order chi connectivity index (χ0) is 16.9. The second-order valence-electron chi connectivity index (χ2n) is 6.37. The molecule has 0 bridgehead atoms. The molecule has 3 rings (SSSR count). The minimum Gasteiger partial charge on any atom is -0.0622 e. The van der Waals surface area contributed by atoms with E-state index in [2.05, 4.69) is 93.6 Å². The highest BCUT2D eigenvalue weighted by Crippen LogP contribution is 2.35. The minimum atomic E-state index is 0.386. The molecular weight excluding hydrogens is 288 g/mol. The van der Waals surface area contributed by atoms with Crippen LogP contribution >= 0.6 is 0 Å². The number of hydrogen-bond acceptors (Lipinski definition) is 0. The molecule has 0 radical (unpaired) electrons. The Hall–Kier alpha value is -2.34. The smallest absolute Gasteiger partial charge is 0.00671 e. The van der Waals surface area contributed by atoms with Crippen LogP contribution in [0.4, 0.5) is 0 Å². The SMILES string of the molecule is CCc1cccc(-c2ccccc2C(C)c2ccccc2)c1CC. The fourth-order valence-corrected chi connectivity index (χ4v) is 3.68. The van der Waals surface area contributed by atoms with E-state index in [1.54, 1.807) is 0 Å². The van der Waals surface area contributed by atoms with Gasteiger partial charge in [0.2, 0.25) is 0 Å². The predicted octanol–water partition coefficient (Wildman–Crippen LogP) is 6.63. The second kappa shape index (κ2) is 7.49. The van der Waals surface area contributed by atoms with Crippen LogP contribution in [0.5, 0.6) is 0 Å². The maximum absolute atomic E-state index is 2.31. The lowest BCUT2D eigenvalue weighted by atomic mass is 9.84. The Labute approximate surface area is 146 Å². The summed E-state index contributed by atoms with van der Waals surface area (Å²) in [4.78, 5) is 0. The van der Waals surface area contributed by atoms with Crippen LogP contribution in [0.3, 0.4) is 0 Å². The maximum Gasteiger partial charge on any atom is 0.00671 e. The fraction of sp³-hybridized carbons (Fsp3) is 0.250. The highest BCUT2D eigenvalue weighted by molar-refractivity contribution is 5.73. The lowest BCUT2D eigenvalue weighted by Gasteiger charge is -2.20. The minimum absolute atomic E-state index is 0.386. The largest absolute Gasteiger partial charge is 0.0622 e. The summed E-state index contributed by atoms with van der Waals surface area (Å²) in [6, 6.07) is 26.4. The molecule has 0 heterocycles. The van der Waals surface area contributed by atoms with E-state index in [1.807, 2.05) is 0 Å². The molecule has 1 unspecified atom stereocenters. The van der Waals surface area contributed by atoms with Gasteiger partial charge >= 0.3 is 0 Å². The van der Waals surface area contributed by atoms with Crippen molar-refractivity contribution < 1.29 is 0 Å².